The molecule has 7 heteroatoms. The average Bonchev–Trinajstić information content (AvgIpc) is 3.10. The summed E-state index contributed by atoms with van der Waals surface area (Å²) in [7, 11) is 1.80. The lowest BCUT2D eigenvalue weighted by Gasteiger charge is -2.36. The Hall–Kier alpha value is -1.76. The van der Waals surface area contributed by atoms with Gasteiger partial charge in [-0.15, -0.1) is 0 Å². The number of nitrogens with one attached hydrogen (secondary N) is 1. The summed E-state index contributed by atoms with van der Waals surface area (Å²) in [6, 6.07) is 2.16. The maximum atomic E-state index is 11.7. The fourth-order valence-electron chi connectivity index (χ4n) is 2.57. The highest BCUT2D eigenvalue weighted by Crippen LogP contribution is 2.17. The zero-order chi connectivity index (χ0) is 16.7. The number of hydrogen-bond donors (Lipinski definition) is 1. The standard InChI is InChI=1S/C16H26N4O2S/c1-4-22-16(21)20-8-6-19(7-9-20)15(17-3)18-11-13(2)14-5-10-23-12-14/h5,10,12-13H,4,6-9,11H2,1-3H3,(H,17,18). The Morgan fingerprint density at radius 3 is 2.65 bits per heavy atom. The van der Waals surface area contributed by atoms with Gasteiger partial charge in [-0.1, -0.05) is 6.92 Å². The molecule has 2 rings (SSSR count). The Morgan fingerprint density at radius 2 is 2.09 bits per heavy atom. The van der Waals surface area contributed by atoms with Gasteiger partial charge in [-0.05, 0) is 35.2 Å². The van der Waals surface area contributed by atoms with Crippen LogP contribution in [0.3, 0.4) is 0 Å². The number of carbonyl (C=O) groups excluding carboxylic acids is 1. The predicted octanol–water partition coefficient (Wildman–Crippen LogP) is 2.20. The molecule has 1 aromatic heterocycles. The number of piperazine rings is 1. The first-order valence-corrected chi connectivity index (χ1v) is 8.99. The first-order valence-electron chi connectivity index (χ1n) is 8.05. The molecule has 1 N–H and O–H groups in total. The van der Waals surface area contributed by atoms with Crippen molar-refractivity contribution in [2.24, 2.45) is 4.99 Å². The summed E-state index contributed by atoms with van der Waals surface area (Å²) in [4.78, 5) is 20.0. The second-order valence-corrected chi connectivity index (χ2v) is 6.34. The van der Waals surface area contributed by atoms with E-state index in [1.165, 1.54) is 5.56 Å². The van der Waals surface area contributed by atoms with Gasteiger partial charge in [0, 0.05) is 39.8 Å². The van der Waals surface area contributed by atoms with E-state index in [1.54, 1.807) is 23.3 Å². The van der Waals surface area contributed by atoms with Gasteiger partial charge in [0.2, 0.25) is 0 Å². The SMILES string of the molecule is CCOC(=O)N1CCN(C(=NC)NCC(C)c2ccsc2)CC1. The van der Waals surface area contributed by atoms with E-state index < -0.39 is 0 Å². The molecule has 6 nitrogen and oxygen atoms in total. The third-order valence-corrected chi connectivity index (χ3v) is 4.70. The summed E-state index contributed by atoms with van der Waals surface area (Å²) in [6.45, 7) is 8.18. The number of nitrogens with zero attached hydrogens (tertiary/aromatic N) is 3. The molecule has 0 aliphatic carbocycles. The highest BCUT2D eigenvalue weighted by atomic mass is 32.1. The van der Waals surface area contributed by atoms with Crippen LogP contribution in [-0.2, 0) is 4.74 Å². The second kappa shape index (κ2) is 8.76. The topological polar surface area (TPSA) is 57.2 Å². The summed E-state index contributed by atoms with van der Waals surface area (Å²) in [5.74, 6) is 1.34. The molecule has 0 spiro atoms. The summed E-state index contributed by atoms with van der Waals surface area (Å²) in [6.07, 6.45) is -0.221. The minimum Gasteiger partial charge on any atom is -0.450 e. The normalized spacial score (nSPS) is 17.1. The Kier molecular flexibility index (Phi) is 6.70. The summed E-state index contributed by atoms with van der Waals surface area (Å²) < 4.78 is 5.05. The number of hydrogen-bond acceptors (Lipinski definition) is 4. The molecular formula is C16H26N4O2S. The summed E-state index contributed by atoms with van der Waals surface area (Å²) in [5, 5.41) is 7.74. The smallest absolute Gasteiger partial charge is 0.409 e. The third kappa shape index (κ3) is 4.86. The van der Waals surface area contributed by atoms with Crippen LogP contribution >= 0.6 is 11.3 Å². The molecule has 23 heavy (non-hydrogen) atoms. The number of aliphatic imine (C=N–C) groups is 1. The van der Waals surface area contributed by atoms with E-state index in [0.717, 1.165) is 25.6 Å². The minimum atomic E-state index is -0.221. The van der Waals surface area contributed by atoms with Crippen LogP contribution in [0, 0.1) is 0 Å². The van der Waals surface area contributed by atoms with Crippen LogP contribution in [0.2, 0.25) is 0 Å². The van der Waals surface area contributed by atoms with Crippen molar-refractivity contribution >= 4 is 23.4 Å². The van der Waals surface area contributed by atoms with Gasteiger partial charge in [0.15, 0.2) is 5.96 Å². The molecule has 1 unspecified atom stereocenters. The Morgan fingerprint density at radius 1 is 1.39 bits per heavy atom. The molecule has 0 saturated carbocycles. The van der Waals surface area contributed by atoms with Gasteiger partial charge in [-0.2, -0.15) is 11.3 Å². The molecule has 1 aromatic rings. The van der Waals surface area contributed by atoms with E-state index in [0.29, 0.717) is 25.6 Å². The Bertz CT molecular complexity index is 510. The van der Waals surface area contributed by atoms with Gasteiger partial charge in [0.25, 0.3) is 0 Å². The van der Waals surface area contributed by atoms with Crippen LogP contribution in [-0.4, -0.2) is 68.2 Å². The van der Waals surface area contributed by atoms with Crippen LogP contribution in [0.15, 0.2) is 21.8 Å². The Labute approximate surface area is 142 Å². The zero-order valence-corrected chi connectivity index (χ0v) is 14.9. The van der Waals surface area contributed by atoms with Crippen molar-refractivity contribution in [3.05, 3.63) is 22.4 Å². The van der Waals surface area contributed by atoms with Crippen molar-refractivity contribution in [2.75, 3.05) is 46.4 Å². The van der Waals surface area contributed by atoms with E-state index >= 15 is 0 Å². The maximum absolute atomic E-state index is 11.7. The van der Waals surface area contributed by atoms with Crippen molar-refractivity contribution < 1.29 is 9.53 Å². The van der Waals surface area contributed by atoms with Gasteiger partial charge < -0.3 is 19.9 Å². The lowest BCUT2D eigenvalue weighted by atomic mass is 10.1. The van der Waals surface area contributed by atoms with Gasteiger partial charge in [-0.3, -0.25) is 4.99 Å². The molecular weight excluding hydrogens is 312 g/mol. The monoisotopic (exact) mass is 338 g/mol. The average molecular weight is 338 g/mol. The summed E-state index contributed by atoms with van der Waals surface area (Å²) in [5.41, 5.74) is 1.35. The third-order valence-electron chi connectivity index (χ3n) is 4.00. The van der Waals surface area contributed by atoms with Crippen molar-refractivity contribution in [1.29, 1.82) is 0 Å². The fraction of sp³-hybridized carbons (Fsp3) is 0.625. The molecule has 1 saturated heterocycles. The number of amides is 1. The highest BCUT2D eigenvalue weighted by molar-refractivity contribution is 7.07. The van der Waals surface area contributed by atoms with Crippen LogP contribution in [0.4, 0.5) is 4.79 Å². The van der Waals surface area contributed by atoms with Crippen LogP contribution in [0.5, 0.6) is 0 Å². The number of carbonyl (C=O) groups is 1. The van der Waals surface area contributed by atoms with E-state index in [4.69, 9.17) is 4.74 Å². The first kappa shape index (κ1) is 17.6. The molecule has 1 amide bonds. The van der Waals surface area contributed by atoms with Gasteiger partial charge in [0.05, 0.1) is 6.61 Å². The van der Waals surface area contributed by atoms with E-state index in [9.17, 15) is 4.79 Å². The zero-order valence-electron chi connectivity index (χ0n) is 14.1. The van der Waals surface area contributed by atoms with Crippen molar-refractivity contribution in [3.63, 3.8) is 0 Å². The minimum absolute atomic E-state index is 0.221. The number of ether oxygens (including phenoxy) is 1. The van der Waals surface area contributed by atoms with Crippen molar-refractivity contribution in [3.8, 4) is 0 Å². The highest BCUT2D eigenvalue weighted by Gasteiger charge is 2.23. The molecule has 0 radical (unpaired) electrons. The maximum Gasteiger partial charge on any atom is 0.409 e. The predicted molar refractivity (Wildman–Crippen MR) is 94.3 cm³/mol. The Balaban J connectivity index is 1.80. The van der Waals surface area contributed by atoms with Gasteiger partial charge >= 0.3 is 6.09 Å². The van der Waals surface area contributed by atoms with Crippen molar-refractivity contribution in [2.45, 2.75) is 19.8 Å². The molecule has 0 bridgehead atoms. The molecule has 1 atom stereocenters. The van der Waals surface area contributed by atoms with E-state index in [-0.39, 0.29) is 6.09 Å². The summed E-state index contributed by atoms with van der Waals surface area (Å²) >= 11 is 1.73. The fourth-order valence-corrected chi connectivity index (χ4v) is 3.35. The second-order valence-electron chi connectivity index (χ2n) is 5.56. The van der Waals surface area contributed by atoms with E-state index in [1.807, 2.05) is 6.92 Å². The molecule has 128 valence electrons. The molecule has 1 aliphatic rings. The number of guanidine groups is 1. The number of rotatable bonds is 4. The van der Waals surface area contributed by atoms with E-state index in [2.05, 4.69) is 39.0 Å². The van der Waals surface area contributed by atoms with Gasteiger partial charge in [0.1, 0.15) is 0 Å². The molecule has 1 fully saturated rings. The lowest BCUT2D eigenvalue weighted by Crippen LogP contribution is -2.54. The molecule has 2 heterocycles. The van der Waals surface area contributed by atoms with Gasteiger partial charge in [-0.25, -0.2) is 4.79 Å². The van der Waals surface area contributed by atoms with Crippen LogP contribution in [0.1, 0.15) is 25.3 Å². The van der Waals surface area contributed by atoms with Crippen molar-refractivity contribution in [1.82, 2.24) is 15.1 Å². The largest absolute Gasteiger partial charge is 0.450 e. The van der Waals surface area contributed by atoms with Crippen LogP contribution in [0.25, 0.3) is 0 Å². The first-order chi connectivity index (χ1) is 11.2. The quantitative estimate of drug-likeness (QED) is 0.675. The number of thiophene rings is 1. The van der Waals surface area contributed by atoms with Crippen LogP contribution < -0.4 is 5.32 Å². The molecule has 0 aromatic carbocycles. The molecule has 1 aliphatic heterocycles. The lowest BCUT2D eigenvalue weighted by molar-refractivity contribution is 0.0914.